The van der Waals surface area contributed by atoms with Crippen molar-refractivity contribution >= 4 is 5.78 Å². The molecule has 0 aliphatic heterocycles. The smallest absolute Gasteiger partial charge is 0.138 e. The number of carbonyl (C=O) groups is 1. The van der Waals surface area contributed by atoms with Gasteiger partial charge in [0, 0.05) is 22.8 Å². The zero-order chi connectivity index (χ0) is 9.78. The molecule has 0 saturated heterocycles. The highest BCUT2D eigenvalue weighted by molar-refractivity contribution is 5.84. The largest absolute Gasteiger partial charge is 0.299 e. The first-order chi connectivity index (χ1) is 5.46. The first kappa shape index (κ1) is 11.0. The van der Waals surface area contributed by atoms with Crippen molar-refractivity contribution in [1.29, 1.82) is 0 Å². The lowest BCUT2D eigenvalue weighted by molar-refractivity contribution is -0.127. The molecule has 0 heterocycles. The maximum absolute atomic E-state index is 11.4. The molecule has 0 aliphatic carbocycles. The van der Waals surface area contributed by atoms with E-state index in [2.05, 4.69) is 10.0 Å². The van der Waals surface area contributed by atoms with Crippen LogP contribution < -0.4 is 0 Å². The second-order valence-electron chi connectivity index (χ2n) is 3.38. The molecule has 0 bridgehead atoms. The van der Waals surface area contributed by atoms with Crippen molar-refractivity contribution in [2.75, 3.05) is 0 Å². The van der Waals surface area contributed by atoms with Crippen LogP contribution >= 0.6 is 0 Å². The molecule has 12 heavy (non-hydrogen) atoms. The van der Waals surface area contributed by atoms with Crippen molar-refractivity contribution in [3.8, 4) is 0 Å². The third kappa shape index (κ3) is 2.24. The van der Waals surface area contributed by atoms with Crippen LogP contribution in [0.5, 0.6) is 0 Å². The van der Waals surface area contributed by atoms with Gasteiger partial charge in [0.05, 0.1) is 0 Å². The van der Waals surface area contributed by atoms with Gasteiger partial charge in [-0.05, 0) is 5.53 Å². The lowest BCUT2D eigenvalue weighted by Crippen LogP contribution is -2.33. The minimum atomic E-state index is -0.541. The second kappa shape index (κ2) is 4.12. The van der Waals surface area contributed by atoms with Gasteiger partial charge in [0.2, 0.25) is 0 Å². The summed E-state index contributed by atoms with van der Waals surface area (Å²) in [4.78, 5) is 14.1. The number of rotatable bonds is 4. The summed E-state index contributed by atoms with van der Waals surface area (Å²) in [6.45, 7) is 7.18. The van der Waals surface area contributed by atoms with E-state index < -0.39 is 5.41 Å². The molecule has 0 aromatic carbocycles. The van der Waals surface area contributed by atoms with E-state index in [4.69, 9.17) is 5.53 Å². The van der Waals surface area contributed by atoms with Crippen LogP contribution in [0.4, 0.5) is 0 Å². The summed E-state index contributed by atoms with van der Waals surface area (Å²) in [5, 5.41) is 3.53. The fraction of sp³-hybridized carbons (Fsp3) is 0.875. The van der Waals surface area contributed by atoms with E-state index in [1.807, 2.05) is 6.92 Å². The third-order valence-electron chi connectivity index (χ3n) is 2.31. The van der Waals surface area contributed by atoms with Gasteiger partial charge in [-0.3, -0.25) is 4.79 Å². The Kier molecular flexibility index (Phi) is 3.77. The Morgan fingerprint density at radius 3 is 2.50 bits per heavy atom. The van der Waals surface area contributed by atoms with Crippen molar-refractivity contribution in [2.24, 2.45) is 10.5 Å². The number of azide groups is 1. The minimum Gasteiger partial charge on any atom is -0.299 e. The fourth-order valence-electron chi connectivity index (χ4n) is 0.910. The maximum Gasteiger partial charge on any atom is 0.138 e. The Bertz CT molecular complexity index is 216. The van der Waals surface area contributed by atoms with Crippen LogP contribution in [-0.2, 0) is 4.79 Å². The van der Waals surface area contributed by atoms with Crippen LogP contribution in [0.25, 0.3) is 10.4 Å². The Morgan fingerprint density at radius 1 is 1.67 bits per heavy atom. The van der Waals surface area contributed by atoms with E-state index in [-0.39, 0.29) is 11.8 Å². The van der Waals surface area contributed by atoms with Crippen LogP contribution in [-0.4, -0.2) is 11.8 Å². The SMILES string of the molecule is CCC(=O)C(C)(C)C(C)N=[N+]=[N-]. The molecule has 0 aliphatic rings. The molecule has 0 rings (SSSR count). The number of ketones is 1. The average molecular weight is 169 g/mol. The normalized spacial score (nSPS) is 13.3. The quantitative estimate of drug-likeness (QED) is 0.362. The summed E-state index contributed by atoms with van der Waals surface area (Å²) in [5.74, 6) is 0.127. The summed E-state index contributed by atoms with van der Waals surface area (Å²) in [7, 11) is 0. The molecule has 4 nitrogen and oxygen atoms in total. The third-order valence-corrected chi connectivity index (χ3v) is 2.31. The standard InChI is InChI=1S/C8H15N3O/c1-5-7(12)8(3,4)6(2)10-11-9/h6H,5H2,1-4H3. The van der Waals surface area contributed by atoms with Crippen LogP contribution in [0.15, 0.2) is 5.11 Å². The van der Waals surface area contributed by atoms with Gasteiger partial charge in [-0.1, -0.05) is 32.8 Å². The van der Waals surface area contributed by atoms with Gasteiger partial charge in [-0.15, -0.1) is 0 Å². The highest BCUT2D eigenvalue weighted by atomic mass is 16.1. The first-order valence-corrected chi connectivity index (χ1v) is 4.04. The zero-order valence-corrected chi connectivity index (χ0v) is 8.03. The molecule has 68 valence electrons. The number of Topliss-reactive ketones (excluding diaryl/α,β-unsaturated/α-hetero) is 1. The molecule has 0 saturated carbocycles. The van der Waals surface area contributed by atoms with Gasteiger partial charge in [0.25, 0.3) is 0 Å². The van der Waals surface area contributed by atoms with Gasteiger partial charge in [0.1, 0.15) is 5.78 Å². The average Bonchev–Trinajstić information content (AvgIpc) is 2.03. The first-order valence-electron chi connectivity index (χ1n) is 4.04. The van der Waals surface area contributed by atoms with Gasteiger partial charge >= 0.3 is 0 Å². The van der Waals surface area contributed by atoms with Crippen LogP contribution in [0, 0.1) is 5.41 Å². The van der Waals surface area contributed by atoms with Gasteiger partial charge in [-0.25, -0.2) is 0 Å². The Balaban J connectivity index is 4.58. The molecule has 0 amide bonds. The van der Waals surface area contributed by atoms with Gasteiger partial charge in [-0.2, -0.15) is 0 Å². The maximum atomic E-state index is 11.4. The van der Waals surface area contributed by atoms with Crippen molar-refractivity contribution in [3.63, 3.8) is 0 Å². The van der Waals surface area contributed by atoms with Gasteiger partial charge in [0.15, 0.2) is 0 Å². The molecule has 1 atom stereocenters. The van der Waals surface area contributed by atoms with Crippen LogP contribution in [0.2, 0.25) is 0 Å². The Labute approximate surface area is 72.6 Å². The summed E-state index contributed by atoms with van der Waals surface area (Å²) >= 11 is 0. The summed E-state index contributed by atoms with van der Waals surface area (Å²) in [5.41, 5.74) is 7.66. The number of hydrogen-bond donors (Lipinski definition) is 0. The lowest BCUT2D eigenvalue weighted by atomic mass is 9.80. The van der Waals surface area contributed by atoms with E-state index in [0.29, 0.717) is 6.42 Å². The van der Waals surface area contributed by atoms with Crippen LogP contribution in [0.1, 0.15) is 34.1 Å². The summed E-state index contributed by atoms with van der Waals surface area (Å²) in [6.07, 6.45) is 0.484. The molecule has 0 aromatic heterocycles. The van der Waals surface area contributed by atoms with Crippen molar-refractivity contribution in [2.45, 2.75) is 40.2 Å². The van der Waals surface area contributed by atoms with Crippen molar-refractivity contribution < 1.29 is 4.79 Å². The molecule has 0 radical (unpaired) electrons. The molecule has 0 N–H and O–H groups in total. The molecular weight excluding hydrogens is 154 g/mol. The highest BCUT2D eigenvalue weighted by Gasteiger charge is 2.31. The fourth-order valence-corrected chi connectivity index (χ4v) is 0.910. The number of hydrogen-bond acceptors (Lipinski definition) is 2. The van der Waals surface area contributed by atoms with E-state index in [1.165, 1.54) is 0 Å². The second-order valence-corrected chi connectivity index (χ2v) is 3.38. The molecule has 1 unspecified atom stereocenters. The zero-order valence-electron chi connectivity index (χ0n) is 8.03. The van der Waals surface area contributed by atoms with E-state index in [0.717, 1.165) is 0 Å². The molecule has 0 fully saturated rings. The Morgan fingerprint density at radius 2 is 2.17 bits per heavy atom. The van der Waals surface area contributed by atoms with Crippen molar-refractivity contribution in [3.05, 3.63) is 10.4 Å². The van der Waals surface area contributed by atoms with Crippen LogP contribution in [0.3, 0.4) is 0 Å². The topological polar surface area (TPSA) is 65.8 Å². The summed E-state index contributed by atoms with van der Waals surface area (Å²) < 4.78 is 0. The van der Waals surface area contributed by atoms with E-state index in [1.54, 1.807) is 20.8 Å². The molecule has 0 aromatic rings. The highest BCUT2D eigenvalue weighted by Crippen LogP contribution is 2.25. The minimum absolute atomic E-state index is 0.127. The van der Waals surface area contributed by atoms with Gasteiger partial charge < -0.3 is 0 Å². The molecular formula is C8H15N3O. The number of carbonyl (C=O) groups excluding carboxylic acids is 1. The van der Waals surface area contributed by atoms with E-state index >= 15 is 0 Å². The van der Waals surface area contributed by atoms with Crippen molar-refractivity contribution in [1.82, 2.24) is 0 Å². The predicted molar refractivity (Wildman–Crippen MR) is 47.7 cm³/mol. The number of nitrogens with zero attached hydrogens (tertiary/aromatic N) is 3. The monoisotopic (exact) mass is 169 g/mol. The summed E-state index contributed by atoms with van der Waals surface area (Å²) in [6, 6.07) is -0.282. The Hall–Kier alpha value is -1.02. The molecule has 4 heteroatoms. The van der Waals surface area contributed by atoms with E-state index in [9.17, 15) is 4.79 Å². The molecule has 0 spiro atoms. The lowest BCUT2D eigenvalue weighted by Gasteiger charge is -2.26. The predicted octanol–water partition coefficient (Wildman–Crippen LogP) is 2.69.